The SMILES string of the molecule is C[C@H]1CN(C(=O)OC(C)(C)C)CCN1c1nc(Cl)nc2cc(Br)c(Cl)cc12. The number of hydrogen-bond donors (Lipinski definition) is 0. The van der Waals surface area contributed by atoms with Crippen molar-refractivity contribution < 1.29 is 9.53 Å². The summed E-state index contributed by atoms with van der Waals surface area (Å²) < 4.78 is 6.23. The molecule has 1 aliphatic heterocycles. The van der Waals surface area contributed by atoms with Gasteiger partial charge in [-0.3, -0.25) is 0 Å². The van der Waals surface area contributed by atoms with Gasteiger partial charge in [-0.05, 0) is 67.4 Å². The van der Waals surface area contributed by atoms with Crippen LogP contribution in [0.15, 0.2) is 16.6 Å². The Labute approximate surface area is 176 Å². The van der Waals surface area contributed by atoms with E-state index in [2.05, 4.69) is 30.8 Å². The first kappa shape index (κ1) is 20.4. The van der Waals surface area contributed by atoms with Gasteiger partial charge in [0, 0.05) is 35.5 Å². The molecule has 3 rings (SSSR count). The number of halogens is 3. The van der Waals surface area contributed by atoms with Crippen molar-refractivity contribution in [1.82, 2.24) is 14.9 Å². The average Bonchev–Trinajstić information content (AvgIpc) is 2.54. The average molecular weight is 476 g/mol. The monoisotopic (exact) mass is 474 g/mol. The van der Waals surface area contributed by atoms with Gasteiger partial charge in [0.1, 0.15) is 11.4 Å². The van der Waals surface area contributed by atoms with Crippen LogP contribution in [0.2, 0.25) is 10.3 Å². The molecule has 0 radical (unpaired) electrons. The lowest BCUT2D eigenvalue weighted by Gasteiger charge is -2.41. The summed E-state index contributed by atoms with van der Waals surface area (Å²) >= 11 is 15.8. The Morgan fingerprint density at radius 3 is 2.59 bits per heavy atom. The molecule has 9 heteroatoms. The van der Waals surface area contributed by atoms with Crippen LogP contribution < -0.4 is 4.90 Å². The molecule has 1 fully saturated rings. The summed E-state index contributed by atoms with van der Waals surface area (Å²) in [6.07, 6.45) is -0.299. The Kier molecular flexibility index (Phi) is 5.75. The summed E-state index contributed by atoms with van der Waals surface area (Å²) in [5.74, 6) is 0.718. The van der Waals surface area contributed by atoms with Crippen LogP contribution in [0.5, 0.6) is 0 Å². The first-order valence-corrected chi connectivity index (χ1v) is 10.2. The molecular formula is C18H21BrCl2N4O2. The van der Waals surface area contributed by atoms with E-state index in [0.717, 1.165) is 15.7 Å². The van der Waals surface area contributed by atoms with Gasteiger partial charge >= 0.3 is 6.09 Å². The molecule has 1 saturated heterocycles. The molecule has 0 aliphatic carbocycles. The molecule has 0 saturated carbocycles. The molecule has 6 nitrogen and oxygen atoms in total. The van der Waals surface area contributed by atoms with Crippen LogP contribution in [0.1, 0.15) is 27.7 Å². The molecule has 1 aromatic heterocycles. The molecule has 0 unspecified atom stereocenters. The van der Waals surface area contributed by atoms with E-state index in [-0.39, 0.29) is 17.4 Å². The van der Waals surface area contributed by atoms with Gasteiger partial charge in [0.05, 0.1) is 10.5 Å². The van der Waals surface area contributed by atoms with Gasteiger partial charge in [-0.1, -0.05) is 11.6 Å². The van der Waals surface area contributed by atoms with Crippen molar-refractivity contribution in [2.24, 2.45) is 0 Å². The molecule has 1 aliphatic rings. The Bertz CT molecular complexity index is 888. The van der Waals surface area contributed by atoms with E-state index in [1.807, 2.05) is 39.8 Å². The second-order valence-corrected chi connectivity index (χ2v) is 9.17. The van der Waals surface area contributed by atoms with E-state index in [0.29, 0.717) is 30.2 Å². The molecule has 1 aromatic carbocycles. The summed E-state index contributed by atoms with van der Waals surface area (Å²) in [5, 5.41) is 1.58. The summed E-state index contributed by atoms with van der Waals surface area (Å²) in [4.78, 5) is 25.0. The number of anilines is 1. The molecule has 146 valence electrons. The fourth-order valence-corrected chi connectivity index (χ4v) is 3.73. The van der Waals surface area contributed by atoms with Crippen LogP contribution in [0, 0.1) is 0 Å². The second kappa shape index (κ2) is 7.60. The number of carbonyl (C=O) groups excluding carboxylic acids is 1. The highest BCUT2D eigenvalue weighted by atomic mass is 79.9. The lowest BCUT2D eigenvalue weighted by atomic mass is 10.1. The Morgan fingerprint density at radius 2 is 1.96 bits per heavy atom. The van der Waals surface area contributed by atoms with Crippen molar-refractivity contribution >= 4 is 61.9 Å². The topological polar surface area (TPSA) is 58.6 Å². The van der Waals surface area contributed by atoms with Crippen LogP contribution in [0.25, 0.3) is 10.9 Å². The Morgan fingerprint density at radius 1 is 1.26 bits per heavy atom. The van der Waals surface area contributed by atoms with Gasteiger partial charge in [0.25, 0.3) is 0 Å². The molecule has 1 atom stereocenters. The highest BCUT2D eigenvalue weighted by molar-refractivity contribution is 9.10. The third-order valence-electron chi connectivity index (χ3n) is 4.24. The van der Waals surface area contributed by atoms with Gasteiger partial charge in [0.15, 0.2) is 0 Å². The number of nitrogens with zero attached hydrogens (tertiary/aromatic N) is 4. The summed E-state index contributed by atoms with van der Waals surface area (Å²) in [6, 6.07) is 3.69. The second-order valence-electron chi connectivity index (χ2n) is 7.57. The van der Waals surface area contributed by atoms with Gasteiger partial charge in [-0.25, -0.2) is 9.78 Å². The Hall–Kier alpha value is -1.31. The fourth-order valence-electron chi connectivity index (χ4n) is 3.06. The third-order valence-corrected chi connectivity index (χ3v) is 5.61. The zero-order chi connectivity index (χ0) is 19.9. The van der Waals surface area contributed by atoms with Crippen LogP contribution in [0.3, 0.4) is 0 Å². The van der Waals surface area contributed by atoms with Crippen LogP contribution in [-0.4, -0.2) is 52.2 Å². The number of carbonyl (C=O) groups is 1. The lowest BCUT2D eigenvalue weighted by Crippen LogP contribution is -2.54. The van der Waals surface area contributed by atoms with Crippen molar-refractivity contribution in [2.45, 2.75) is 39.3 Å². The minimum absolute atomic E-state index is 0.0304. The van der Waals surface area contributed by atoms with Crippen molar-refractivity contribution in [2.75, 3.05) is 24.5 Å². The van der Waals surface area contributed by atoms with Crippen LogP contribution in [0.4, 0.5) is 10.6 Å². The standard InChI is InChI=1S/C18H21BrCl2N4O2/c1-10-9-24(17(26)27-18(2,3)4)5-6-25(10)15-11-7-13(20)12(19)8-14(11)22-16(21)23-15/h7-8,10H,5-6,9H2,1-4H3/t10-/m0/s1. The molecule has 27 heavy (non-hydrogen) atoms. The normalized spacial score (nSPS) is 18.1. The number of piperazine rings is 1. The lowest BCUT2D eigenvalue weighted by molar-refractivity contribution is 0.0218. The number of fused-ring (bicyclic) bond motifs is 1. The number of rotatable bonds is 1. The molecule has 0 spiro atoms. The minimum Gasteiger partial charge on any atom is -0.444 e. The van der Waals surface area contributed by atoms with Crippen LogP contribution >= 0.6 is 39.1 Å². The summed E-state index contributed by atoms with van der Waals surface area (Å²) in [6.45, 7) is 9.30. The fraction of sp³-hybridized carbons (Fsp3) is 0.500. The number of hydrogen-bond acceptors (Lipinski definition) is 5. The number of benzene rings is 1. The molecule has 1 amide bonds. The summed E-state index contributed by atoms with van der Waals surface area (Å²) in [7, 11) is 0. The first-order chi connectivity index (χ1) is 12.5. The quantitative estimate of drug-likeness (QED) is 0.534. The molecular weight excluding hydrogens is 455 g/mol. The third kappa shape index (κ3) is 4.58. The zero-order valence-corrected chi connectivity index (χ0v) is 18.7. The first-order valence-electron chi connectivity index (χ1n) is 8.62. The molecule has 2 aromatic rings. The Balaban J connectivity index is 1.88. The van der Waals surface area contributed by atoms with E-state index in [1.165, 1.54) is 0 Å². The molecule has 0 bridgehead atoms. The van der Waals surface area contributed by atoms with Gasteiger partial charge in [-0.2, -0.15) is 4.98 Å². The largest absolute Gasteiger partial charge is 0.444 e. The van der Waals surface area contributed by atoms with Gasteiger partial charge < -0.3 is 14.5 Å². The number of ether oxygens (including phenoxy) is 1. The number of aromatic nitrogens is 2. The zero-order valence-electron chi connectivity index (χ0n) is 15.6. The van der Waals surface area contributed by atoms with Gasteiger partial charge in [-0.15, -0.1) is 0 Å². The predicted octanol–water partition coefficient (Wildman–Crippen LogP) is 5.14. The van der Waals surface area contributed by atoms with Gasteiger partial charge in [0.2, 0.25) is 5.28 Å². The molecule has 2 heterocycles. The van der Waals surface area contributed by atoms with E-state index in [9.17, 15) is 4.79 Å². The minimum atomic E-state index is -0.516. The van der Waals surface area contributed by atoms with E-state index in [1.54, 1.807) is 4.90 Å². The maximum Gasteiger partial charge on any atom is 0.410 e. The van der Waals surface area contributed by atoms with Crippen molar-refractivity contribution in [3.63, 3.8) is 0 Å². The van der Waals surface area contributed by atoms with E-state index < -0.39 is 5.60 Å². The van der Waals surface area contributed by atoms with Crippen LogP contribution in [-0.2, 0) is 4.74 Å². The van der Waals surface area contributed by atoms with Crippen molar-refractivity contribution in [3.8, 4) is 0 Å². The van der Waals surface area contributed by atoms with E-state index >= 15 is 0 Å². The smallest absolute Gasteiger partial charge is 0.410 e. The van der Waals surface area contributed by atoms with E-state index in [4.69, 9.17) is 27.9 Å². The number of amides is 1. The van der Waals surface area contributed by atoms with Crippen molar-refractivity contribution in [1.29, 1.82) is 0 Å². The molecule has 0 N–H and O–H groups in total. The highest BCUT2D eigenvalue weighted by Crippen LogP contribution is 2.34. The highest BCUT2D eigenvalue weighted by Gasteiger charge is 2.31. The summed E-state index contributed by atoms with van der Waals surface area (Å²) in [5.41, 5.74) is 0.195. The van der Waals surface area contributed by atoms with Crippen molar-refractivity contribution in [3.05, 3.63) is 26.9 Å². The predicted molar refractivity (Wildman–Crippen MR) is 112 cm³/mol. The maximum absolute atomic E-state index is 12.4. The maximum atomic E-state index is 12.4.